The van der Waals surface area contributed by atoms with Gasteiger partial charge in [0.05, 0.1) is 38.5 Å². The number of rotatable bonds is 2. The first kappa shape index (κ1) is 29.5. The van der Waals surface area contributed by atoms with E-state index in [2.05, 4.69) is 29.9 Å². The van der Waals surface area contributed by atoms with Gasteiger partial charge in [-0.1, -0.05) is 0 Å². The number of H-pyrrole nitrogens is 2. The maximum atomic E-state index is 13.0. The van der Waals surface area contributed by atoms with Gasteiger partial charge < -0.3 is 39.4 Å². The molecule has 0 saturated carbocycles. The van der Waals surface area contributed by atoms with E-state index in [1.54, 1.807) is 0 Å². The van der Waals surface area contributed by atoms with E-state index >= 15 is 0 Å². The number of aromatic nitrogens is 8. The van der Waals surface area contributed by atoms with E-state index in [-0.39, 0.29) is 22.3 Å². The van der Waals surface area contributed by atoms with Crippen LogP contribution in [0, 0.1) is 0 Å². The minimum atomic E-state index is -5.05. The highest BCUT2D eigenvalue weighted by Crippen LogP contribution is 2.53. The van der Waals surface area contributed by atoms with Crippen LogP contribution in [0.1, 0.15) is 12.5 Å². The van der Waals surface area contributed by atoms with Crippen molar-refractivity contribution in [1.29, 1.82) is 0 Å². The smallest absolute Gasteiger partial charge is 0.386 e. The monoisotopic (exact) mass is 660 g/mol. The van der Waals surface area contributed by atoms with E-state index in [1.807, 2.05) is 0 Å². The van der Waals surface area contributed by atoms with Crippen LogP contribution in [0.25, 0.3) is 22.3 Å². The summed E-state index contributed by atoms with van der Waals surface area (Å²) >= 11 is 0. The number of hydrogen-bond acceptors (Lipinski definition) is 16. The van der Waals surface area contributed by atoms with E-state index in [0.717, 1.165) is 25.3 Å². The zero-order valence-electron chi connectivity index (χ0n) is 21.8. The Balaban J connectivity index is 1.17. The fourth-order valence-electron chi connectivity index (χ4n) is 5.23. The molecular weight excluding hydrogens is 638 g/mol. The average Bonchev–Trinajstić information content (AvgIpc) is 3.73. The lowest BCUT2D eigenvalue weighted by Gasteiger charge is -2.27. The second-order valence-electron chi connectivity index (χ2n) is 9.89. The molecule has 22 nitrogen and oxygen atoms in total. The molecule has 44 heavy (non-hydrogen) atoms. The van der Waals surface area contributed by atoms with Crippen molar-refractivity contribution in [2.75, 3.05) is 13.2 Å². The van der Waals surface area contributed by atoms with Crippen LogP contribution >= 0.6 is 15.6 Å². The van der Waals surface area contributed by atoms with Crippen molar-refractivity contribution in [3.8, 4) is 0 Å². The van der Waals surface area contributed by atoms with E-state index in [0.29, 0.717) is 0 Å². The highest BCUT2D eigenvalue weighted by molar-refractivity contribution is 7.47. The minimum absolute atomic E-state index is 0.00498. The number of nitrogens with one attached hydrogen (secondary N) is 2. The molecule has 3 saturated heterocycles. The Morgan fingerprint density at radius 1 is 0.727 bits per heavy atom. The zero-order valence-corrected chi connectivity index (χ0v) is 23.6. The topological polar surface area (TPSA) is 298 Å². The molecule has 24 heteroatoms. The predicted octanol–water partition coefficient (Wildman–Crippen LogP) is -2.21. The number of aliphatic hydroxyl groups excluding tert-OH is 2. The first-order valence-corrected chi connectivity index (χ1v) is 15.7. The summed E-state index contributed by atoms with van der Waals surface area (Å²) in [6.45, 7) is -1.66. The molecule has 3 aliphatic rings. The maximum Gasteiger partial charge on any atom is 0.472 e. The second kappa shape index (κ2) is 10.7. The van der Waals surface area contributed by atoms with Gasteiger partial charge in [0.2, 0.25) is 0 Å². The van der Waals surface area contributed by atoms with E-state index in [4.69, 9.17) is 27.6 Å². The van der Waals surface area contributed by atoms with Gasteiger partial charge in [0.25, 0.3) is 11.1 Å². The van der Waals surface area contributed by atoms with Crippen molar-refractivity contribution < 1.29 is 56.7 Å². The summed E-state index contributed by atoms with van der Waals surface area (Å²) in [5.74, 6) is 0. The van der Waals surface area contributed by atoms with Gasteiger partial charge in [0.1, 0.15) is 36.6 Å². The van der Waals surface area contributed by atoms with E-state index in [9.17, 15) is 38.7 Å². The third kappa shape index (κ3) is 5.04. The van der Waals surface area contributed by atoms with Crippen molar-refractivity contribution in [2.45, 2.75) is 49.1 Å². The average molecular weight is 660 g/mol. The largest absolute Gasteiger partial charge is 0.472 e. The molecular formula is C20H22N8O14P2. The number of nitrogens with zero attached hydrogens (tertiary/aromatic N) is 6. The molecule has 3 fully saturated rings. The maximum absolute atomic E-state index is 13.0. The van der Waals surface area contributed by atoms with Crippen LogP contribution in [-0.2, 0) is 36.7 Å². The van der Waals surface area contributed by atoms with Gasteiger partial charge in [0.15, 0.2) is 34.8 Å². The lowest BCUT2D eigenvalue weighted by molar-refractivity contribution is -0.0664. The minimum Gasteiger partial charge on any atom is -0.386 e. The number of hydrogen-bond donors (Lipinski definition) is 6. The normalized spacial score (nSPS) is 38.3. The number of imidazole rings is 2. The van der Waals surface area contributed by atoms with Gasteiger partial charge in [-0.2, -0.15) is 0 Å². The lowest BCUT2D eigenvalue weighted by Crippen LogP contribution is -2.39. The van der Waals surface area contributed by atoms with Crippen LogP contribution in [0.3, 0.4) is 0 Å². The fourth-order valence-corrected chi connectivity index (χ4v) is 7.16. The molecule has 4 aromatic heterocycles. The van der Waals surface area contributed by atoms with Gasteiger partial charge in [-0.05, 0) is 0 Å². The third-order valence-electron chi connectivity index (χ3n) is 7.21. The highest BCUT2D eigenvalue weighted by atomic mass is 31.2. The molecule has 7 rings (SSSR count). The molecule has 7 heterocycles. The Morgan fingerprint density at radius 3 is 1.55 bits per heavy atom. The quantitative estimate of drug-likeness (QED) is 0.124. The molecule has 0 aliphatic carbocycles. The van der Waals surface area contributed by atoms with Crippen molar-refractivity contribution in [3.05, 3.63) is 46.0 Å². The molecule has 236 valence electrons. The van der Waals surface area contributed by atoms with Crippen molar-refractivity contribution in [2.24, 2.45) is 0 Å². The van der Waals surface area contributed by atoms with Crippen LogP contribution in [-0.4, -0.2) is 109 Å². The molecule has 6 N–H and O–H groups in total. The number of phosphoric acid groups is 2. The number of aliphatic hydroxyl groups is 2. The Bertz CT molecular complexity index is 1810. The van der Waals surface area contributed by atoms with Gasteiger partial charge in [-0.15, -0.1) is 0 Å². The first-order valence-electron chi connectivity index (χ1n) is 12.7. The SMILES string of the molecule is O=c1[nH]cnc2c1ncn2[C@H]1O[C@@H]2COP(=O)(O)O[C@@H]3[C@H](O)[C@@H](n4cnc5c(=O)[nH]cnc54)O[C@H]3COP(=O)(O)O[C@H]2[C@H]1O. The number of phosphoric ester groups is 2. The summed E-state index contributed by atoms with van der Waals surface area (Å²) in [6.07, 6.45) is -8.16. The van der Waals surface area contributed by atoms with Crippen LogP contribution in [0.15, 0.2) is 34.9 Å². The first-order chi connectivity index (χ1) is 20.9. The third-order valence-corrected chi connectivity index (χ3v) is 9.18. The molecule has 0 spiro atoms. The van der Waals surface area contributed by atoms with Crippen LogP contribution in [0.5, 0.6) is 0 Å². The Kier molecular flexibility index (Phi) is 7.16. The predicted molar refractivity (Wildman–Crippen MR) is 137 cm³/mol. The van der Waals surface area contributed by atoms with Crippen molar-refractivity contribution in [3.63, 3.8) is 0 Å². The molecule has 0 bridgehead atoms. The summed E-state index contributed by atoms with van der Waals surface area (Å²) < 4.78 is 60.6. The Labute approximate surface area is 242 Å². The number of aromatic amines is 2. The molecule has 0 radical (unpaired) electrons. The summed E-state index contributed by atoms with van der Waals surface area (Å²) in [4.78, 5) is 65.8. The highest BCUT2D eigenvalue weighted by Gasteiger charge is 2.54. The van der Waals surface area contributed by atoms with Gasteiger partial charge in [0, 0.05) is 0 Å². The number of ether oxygens (including phenoxy) is 2. The summed E-state index contributed by atoms with van der Waals surface area (Å²) in [5, 5.41) is 22.1. The van der Waals surface area contributed by atoms with Crippen LogP contribution < -0.4 is 11.1 Å². The zero-order chi connectivity index (χ0) is 31.0. The molecule has 0 aromatic carbocycles. The van der Waals surface area contributed by atoms with Crippen LogP contribution in [0.4, 0.5) is 0 Å². The molecule has 2 unspecified atom stereocenters. The van der Waals surface area contributed by atoms with E-state index < -0.39 is 89.1 Å². The Morgan fingerprint density at radius 2 is 1.14 bits per heavy atom. The van der Waals surface area contributed by atoms with Gasteiger partial charge in [-0.25, -0.2) is 29.1 Å². The molecule has 0 amide bonds. The summed E-state index contributed by atoms with van der Waals surface area (Å²) in [7, 11) is -10.1. The van der Waals surface area contributed by atoms with Gasteiger partial charge in [-0.3, -0.25) is 36.8 Å². The second-order valence-corrected chi connectivity index (χ2v) is 12.7. The fraction of sp³-hybridized carbons (Fsp3) is 0.500. The number of fused-ring (bicyclic) bond motifs is 4. The standard InChI is InChI=1S/C20H22N8O14P2/c29-11-13-7(39-19(11)27-5-25-9-15(27)21-3-23-17(9)31)1-37-43(33,34)42-14-8(2-38-44(35,36)41-13)40-20(12(14)30)28-6-26-10-16(28)22-4-24-18(10)32/h3-8,11-14,19-20,29-30H,1-2H2,(H,33,34)(H,35,36)(H,21,23,31)(H,22,24,32)/t7-,8+,11-,12+,13-,14+,19-,20-/m0/s1. The molecule has 3 aliphatic heterocycles. The van der Waals surface area contributed by atoms with Crippen molar-refractivity contribution >= 4 is 38.0 Å². The molecule has 10 atom stereocenters. The van der Waals surface area contributed by atoms with Gasteiger partial charge >= 0.3 is 15.6 Å². The van der Waals surface area contributed by atoms with Crippen LogP contribution in [0.2, 0.25) is 0 Å². The molecule has 4 aromatic rings. The van der Waals surface area contributed by atoms with E-state index in [1.165, 1.54) is 9.13 Å². The summed E-state index contributed by atoms with van der Waals surface area (Å²) in [6, 6.07) is 0. The van der Waals surface area contributed by atoms with Crippen molar-refractivity contribution in [1.82, 2.24) is 39.0 Å². The lowest BCUT2D eigenvalue weighted by atomic mass is 10.1. The Hall–Kier alpha value is -3.24. The summed E-state index contributed by atoms with van der Waals surface area (Å²) in [5.41, 5.74) is -1.36.